The minimum Gasteiger partial charge on any atom is -0.494 e. The van der Waals surface area contributed by atoms with Gasteiger partial charge >= 0.3 is 0 Å². The van der Waals surface area contributed by atoms with Crippen molar-refractivity contribution in [2.45, 2.75) is 26.2 Å². The number of rotatable bonds is 7. The van der Waals surface area contributed by atoms with Crippen LogP contribution in [-0.2, 0) is 6.42 Å². The van der Waals surface area contributed by atoms with E-state index < -0.39 is 0 Å². The lowest BCUT2D eigenvalue weighted by atomic mass is 10.00. The summed E-state index contributed by atoms with van der Waals surface area (Å²) >= 11 is 0. The molecule has 1 atom stereocenters. The Hall–Kier alpha value is -1.06. The molecule has 1 saturated heterocycles. The molecule has 1 aromatic carbocycles. The van der Waals surface area contributed by atoms with Crippen LogP contribution in [0.4, 0.5) is 0 Å². The zero-order valence-corrected chi connectivity index (χ0v) is 12.0. The van der Waals surface area contributed by atoms with E-state index in [4.69, 9.17) is 4.74 Å². The van der Waals surface area contributed by atoms with E-state index in [0.717, 1.165) is 37.8 Å². The quantitative estimate of drug-likeness (QED) is 0.739. The van der Waals surface area contributed by atoms with Gasteiger partial charge in [-0.05, 0) is 76.0 Å². The fourth-order valence-corrected chi connectivity index (χ4v) is 2.56. The molecule has 0 aromatic heterocycles. The normalized spacial score (nSPS) is 19.3. The van der Waals surface area contributed by atoms with Gasteiger partial charge in [-0.1, -0.05) is 12.1 Å². The van der Waals surface area contributed by atoms with E-state index in [1.165, 1.54) is 31.5 Å². The molecule has 3 heteroatoms. The van der Waals surface area contributed by atoms with Crippen molar-refractivity contribution in [3.63, 3.8) is 0 Å². The van der Waals surface area contributed by atoms with Gasteiger partial charge in [-0.15, -0.1) is 0 Å². The molecule has 0 saturated carbocycles. The smallest absolute Gasteiger partial charge is 0.119 e. The lowest BCUT2D eigenvalue weighted by molar-refractivity contribution is 0.340. The van der Waals surface area contributed by atoms with E-state index in [-0.39, 0.29) is 0 Å². The summed E-state index contributed by atoms with van der Waals surface area (Å²) in [6.45, 7) is 7.32. The highest BCUT2D eigenvalue weighted by Crippen LogP contribution is 2.12. The van der Waals surface area contributed by atoms with Crippen molar-refractivity contribution in [1.29, 1.82) is 0 Å². The summed E-state index contributed by atoms with van der Waals surface area (Å²) in [4.78, 5) is 0. The van der Waals surface area contributed by atoms with Crippen molar-refractivity contribution in [1.82, 2.24) is 10.6 Å². The first kappa shape index (κ1) is 14.4. The van der Waals surface area contributed by atoms with Gasteiger partial charge in [-0.3, -0.25) is 0 Å². The maximum atomic E-state index is 5.44. The summed E-state index contributed by atoms with van der Waals surface area (Å²) in [6.07, 6.45) is 3.78. The Labute approximate surface area is 116 Å². The highest BCUT2D eigenvalue weighted by Gasteiger charge is 2.11. The molecule has 0 spiro atoms. The zero-order chi connectivity index (χ0) is 13.3. The minimum absolute atomic E-state index is 0.732. The lowest BCUT2D eigenvalue weighted by Crippen LogP contribution is -2.36. The molecule has 1 aromatic rings. The summed E-state index contributed by atoms with van der Waals surface area (Å²) in [7, 11) is 0. The second-order valence-electron chi connectivity index (χ2n) is 5.24. The standard InChI is InChI=1S/C16H26N2O/c1-2-19-16-7-5-14(6-8-16)9-11-18-13-15-4-3-10-17-12-15/h5-8,15,17-18H,2-4,9-13H2,1H3. The van der Waals surface area contributed by atoms with Crippen molar-refractivity contribution < 1.29 is 4.74 Å². The number of benzene rings is 1. The third kappa shape index (κ3) is 5.21. The van der Waals surface area contributed by atoms with Crippen molar-refractivity contribution in [3.05, 3.63) is 29.8 Å². The van der Waals surface area contributed by atoms with Crippen molar-refractivity contribution in [2.24, 2.45) is 5.92 Å². The Kier molecular flexibility index (Phi) is 6.18. The maximum Gasteiger partial charge on any atom is 0.119 e. The van der Waals surface area contributed by atoms with Gasteiger partial charge in [0.1, 0.15) is 5.75 Å². The van der Waals surface area contributed by atoms with Gasteiger partial charge in [0, 0.05) is 0 Å². The molecule has 19 heavy (non-hydrogen) atoms. The number of hydrogen-bond donors (Lipinski definition) is 2. The molecule has 0 radical (unpaired) electrons. The lowest BCUT2D eigenvalue weighted by Gasteiger charge is -2.22. The summed E-state index contributed by atoms with van der Waals surface area (Å²) in [6, 6.07) is 8.44. The minimum atomic E-state index is 0.732. The predicted molar refractivity (Wildman–Crippen MR) is 79.8 cm³/mol. The van der Waals surface area contributed by atoms with Crippen molar-refractivity contribution >= 4 is 0 Å². The maximum absolute atomic E-state index is 5.44. The highest BCUT2D eigenvalue weighted by atomic mass is 16.5. The van der Waals surface area contributed by atoms with E-state index >= 15 is 0 Å². The van der Waals surface area contributed by atoms with E-state index in [0.29, 0.717) is 0 Å². The fraction of sp³-hybridized carbons (Fsp3) is 0.625. The van der Waals surface area contributed by atoms with Crippen LogP contribution in [0.25, 0.3) is 0 Å². The summed E-state index contributed by atoms with van der Waals surface area (Å²) in [5.41, 5.74) is 1.37. The van der Waals surface area contributed by atoms with Crippen molar-refractivity contribution in [3.8, 4) is 5.75 Å². The summed E-state index contributed by atoms with van der Waals surface area (Å²) in [5.74, 6) is 1.78. The molecular formula is C16H26N2O. The monoisotopic (exact) mass is 262 g/mol. The molecule has 1 aliphatic rings. The number of piperidine rings is 1. The first-order chi connectivity index (χ1) is 9.38. The van der Waals surface area contributed by atoms with E-state index in [2.05, 4.69) is 34.9 Å². The van der Waals surface area contributed by atoms with Crippen LogP contribution in [0.15, 0.2) is 24.3 Å². The Morgan fingerprint density at radius 2 is 2.16 bits per heavy atom. The molecule has 106 valence electrons. The summed E-state index contributed by atoms with van der Waals surface area (Å²) in [5, 5.41) is 7.03. The van der Waals surface area contributed by atoms with E-state index in [1.54, 1.807) is 0 Å². The third-order valence-corrected chi connectivity index (χ3v) is 3.66. The van der Waals surface area contributed by atoms with Crippen LogP contribution in [0.2, 0.25) is 0 Å². The Morgan fingerprint density at radius 1 is 1.32 bits per heavy atom. The molecule has 1 aliphatic heterocycles. The average molecular weight is 262 g/mol. The molecule has 3 nitrogen and oxygen atoms in total. The molecule has 0 aliphatic carbocycles. The van der Waals surface area contributed by atoms with Crippen LogP contribution < -0.4 is 15.4 Å². The Bertz CT molecular complexity index is 344. The van der Waals surface area contributed by atoms with Crippen molar-refractivity contribution in [2.75, 3.05) is 32.8 Å². The van der Waals surface area contributed by atoms with Gasteiger partial charge in [0.15, 0.2) is 0 Å². The van der Waals surface area contributed by atoms with Gasteiger partial charge in [0.05, 0.1) is 6.61 Å². The topological polar surface area (TPSA) is 33.3 Å². The van der Waals surface area contributed by atoms with Crippen LogP contribution in [-0.4, -0.2) is 32.8 Å². The number of ether oxygens (including phenoxy) is 1. The molecule has 0 bridgehead atoms. The van der Waals surface area contributed by atoms with Gasteiger partial charge in [-0.25, -0.2) is 0 Å². The number of nitrogens with one attached hydrogen (secondary N) is 2. The largest absolute Gasteiger partial charge is 0.494 e. The van der Waals surface area contributed by atoms with Crippen LogP contribution in [0.3, 0.4) is 0 Å². The molecule has 2 rings (SSSR count). The summed E-state index contributed by atoms with van der Waals surface area (Å²) < 4.78 is 5.44. The van der Waals surface area contributed by atoms with Gasteiger partial charge in [0.25, 0.3) is 0 Å². The molecule has 2 N–H and O–H groups in total. The van der Waals surface area contributed by atoms with Gasteiger partial charge < -0.3 is 15.4 Å². The number of hydrogen-bond acceptors (Lipinski definition) is 3. The molecule has 1 fully saturated rings. The SMILES string of the molecule is CCOc1ccc(CCNCC2CCCNC2)cc1. The Morgan fingerprint density at radius 3 is 2.84 bits per heavy atom. The van der Waals surface area contributed by atoms with Gasteiger partial charge in [-0.2, -0.15) is 0 Å². The van der Waals surface area contributed by atoms with Crippen LogP contribution in [0.5, 0.6) is 5.75 Å². The second-order valence-corrected chi connectivity index (χ2v) is 5.24. The predicted octanol–water partition coefficient (Wildman–Crippen LogP) is 2.22. The average Bonchev–Trinajstić information content (AvgIpc) is 2.47. The molecule has 1 unspecified atom stereocenters. The Balaban J connectivity index is 1.62. The van der Waals surface area contributed by atoms with E-state index in [1.807, 2.05) is 6.92 Å². The van der Waals surface area contributed by atoms with Crippen LogP contribution >= 0.6 is 0 Å². The first-order valence-corrected chi connectivity index (χ1v) is 7.51. The fourth-order valence-electron chi connectivity index (χ4n) is 2.56. The van der Waals surface area contributed by atoms with Gasteiger partial charge in [0.2, 0.25) is 0 Å². The highest BCUT2D eigenvalue weighted by molar-refractivity contribution is 5.27. The molecule has 0 amide bonds. The molecule has 1 heterocycles. The molecular weight excluding hydrogens is 236 g/mol. The second kappa shape index (κ2) is 8.18. The first-order valence-electron chi connectivity index (χ1n) is 7.51. The third-order valence-electron chi connectivity index (χ3n) is 3.66. The van der Waals surface area contributed by atoms with E-state index in [9.17, 15) is 0 Å². The van der Waals surface area contributed by atoms with Crippen LogP contribution in [0, 0.1) is 5.92 Å². The zero-order valence-electron chi connectivity index (χ0n) is 12.0. The van der Waals surface area contributed by atoms with Crippen LogP contribution in [0.1, 0.15) is 25.3 Å².